The number of rotatable bonds is 9. The fourth-order valence-corrected chi connectivity index (χ4v) is 1.36. The minimum Gasteiger partial charge on any atom is -0.462 e. The van der Waals surface area contributed by atoms with E-state index in [1.165, 1.54) is 0 Å². The zero-order chi connectivity index (χ0) is 12.4. The van der Waals surface area contributed by atoms with Crippen molar-refractivity contribution in [3.63, 3.8) is 0 Å². The van der Waals surface area contributed by atoms with Crippen LogP contribution in [0.1, 0.15) is 47.0 Å². The van der Waals surface area contributed by atoms with E-state index >= 15 is 0 Å². The molecule has 96 valence electrons. The third-order valence-corrected chi connectivity index (χ3v) is 2.26. The van der Waals surface area contributed by atoms with Gasteiger partial charge in [0.15, 0.2) is 0 Å². The number of unbranched alkanes of at least 4 members (excludes halogenated alkanes) is 1. The molecule has 0 N–H and O–H groups in total. The second-order valence-corrected chi connectivity index (χ2v) is 3.46. The maximum Gasteiger partial charge on any atom is 0.366 e. The highest BCUT2D eigenvalue weighted by Gasteiger charge is 2.40. The summed E-state index contributed by atoms with van der Waals surface area (Å²) >= 11 is 0. The van der Waals surface area contributed by atoms with Crippen LogP contribution < -0.4 is 0 Å². The number of hydrogen-bond acceptors (Lipinski definition) is 4. The quantitative estimate of drug-likeness (QED) is 0.348. The molecule has 1 atom stereocenters. The Balaban J connectivity index is 4.49. The van der Waals surface area contributed by atoms with E-state index in [1.807, 2.05) is 13.8 Å². The largest absolute Gasteiger partial charge is 0.462 e. The lowest BCUT2D eigenvalue weighted by atomic mass is 10.2. The van der Waals surface area contributed by atoms with E-state index in [0.717, 1.165) is 12.8 Å². The molecular weight excluding hydrogens is 208 g/mol. The molecule has 16 heavy (non-hydrogen) atoms. The van der Waals surface area contributed by atoms with Crippen LogP contribution in [-0.4, -0.2) is 31.6 Å². The average Bonchev–Trinajstić information content (AvgIpc) is 2.28. The van der Waals surface area contributed by atoms with Gasteiger partial charge in [0.25, 0.3) is 5.79 Å². The van der Waals surface area contributed by atoms with Crippen LogP contribution in [-0.2, 0) is 19.0 Å². The van der Waals surface area contributed by atoms with E-state index in [0.29, 0.717) is 26.2 Å². The average molecular weight is 232 g/mol. The Morgan fingerprint density at radius 1 is 1.06 bits per heavy atom. The first-order valence-electron chi connectivity index (χ1n) is 6.11. The normalized spacial score (nSPS) is 14.5. The highest BCUT2D eigenvalue weighted by Crippen LogP contribution is 2.20. The summed E-state index contributed by atoms with van der Waals surface area (Å²) in [6, 6.07) is 0. The number of carbonyl (C=O) groups excluding carboxylic acids is 1. The summed E-state index contributed by atoms with van der Waals surface area (Å²) in [7, 11) is 0. The molecular formula is C12H24O4. The van der Waals surface area contributed by atoms with Crippen LogP contribution in [0.15, 0.2) is 0 Å². The Morgan fingerprint density at radius 2 is 1.75 bits per heavy atom. The van der Waals surface area contributed by atoms with Gasteiger partial charge >= 0.3 is 5.97 Å². The Bertz CT molecular complexity index is 193. The summed E-state index contributed by atoms with van der Waals surface area (Å²) in [5.74, 6) is -1.63. The van der Waals surface area contributed by atoms with Gasteiger partial charge in [-0.05, 0) is 20.3 Å². The molecule has 0 saturated heterocycles. The van der Waals surface area contributed by atoms with E-state index in [1.54, 1.807) is 6.92 Å². The van der Waals surface area contributed by atoms with E-state index in [-0.39, 0.29) is 0 Å². The first kappa shape index (κ1) is 15.4. The maximum atomic E-state index is 11.8. The third kappa shape index (κ3) is 4.49. The Labute approximate surface area is 98.3 Å². The van der Waals surface area contributed by atoms with Gasteiger partial charge < -0.3 is 14.2 Å². The van der Waals surface area contributed by atoms with E-state index in [9.17, 15) is 4.79 Å². The lowest BCUT2D eigenvalue weighted by Crippen LogP contribution is -2.45. The highest BCUT2D eigenvalue weighted by atomic mass is 16.7. The summed E-state index contributed by atoms with van der Waals surface area (Å²) < 4.78 is 16.0. The first-order valence-corrected chi connectivity index (χ1v) is 6.11. The highest BCUT2D eigenvalue weighted by molar-refractivity contribution is 5.77. The minimum atomic E-state index is -1.21. The lowest BCUT2D eigenvalue weighted by molar-refractivity contribution is -0.248. The van der Waals surface area contributed by atoms with Crippen LogP contribution in [0, 0.1) is 0 Å². The first-order chi connectivity index (χ1) is 7.66. The summed E-state index contributed by atoms with van der Waals surface area (Å²) in [6.45, 7) is 8.83. The van der Waals surface area contributed by atoms with Crippen molar-refractivity contribution in [2.45, 2.75) is 52.7 Å². The smallest absolute Gasteiger partial charge is 0.366 e. The fraction of sp³-hybridized carbons (Fsp3) is 0.917. The lowest BCUT2D eigenvalue weighted by Gasteiger charge is -2.29. The molecule has 4 heteroatoms. The zero-order valence-electron chi connectivity index (χ0n) is 10.9. The molecule has 0 radical (unpaired) electrons. The van der Waals surface area contributed by atoms with Crippen molar-refractivity contribution in [3.8, 4) is 0 Å². The Morgan fingerprint density at radius 3 is 2.19 bits per heavy atom. The molecule has 1 unspecified atom stereocenters. The predicted molar refractivity (Wildman–Crippen MR) is 62.1 cm³/mol. The van der Waals surface area contributed by atoms with Crippen LogP contribution >= 0.6 is 0 Å². The molecule has 0 aromatic rings. The molecule has 0 aromatic heterocycles. The standard InChI is InChI=1S/C12H24O4/c1-5-9-10-16-12(6-2,15-8-4)11(13)14-7-3/h5-10H2,1-4H3. The van der Waals surface area contributed by atoms with Crippen molar-refractivity contribution < 1.29 is 19.0 Å². The summed E-state index contributed by atoms with van der Waals surface area (Å²) in [5.41, 5.74) is 0. The summed E-state index contributed by atoms with van der Waals surface area (Å²) in [6.07, 6.45) is 2.40. The van der Waals surface area contributed by atoms with Gasteiger partial charge in [-0.25, -0.2) is 4.79 Å². The second-order valence-electron chi connectivity index (χ2n) is 3.46. The Kier molecular flexibility index (Phi) is 8.21. The number of carbonyl (C=O) groups is 1. The molecule has 0 fully saturated rings. The minimum absolute atomic E-state index is 0.338. The zero-order valence-corrected chi connectivity index (χ0v) is 10.9. The van der Waals surface area contributed by atoms with Crippen LogP contribution in [0.3, 0.4) is 0 Å². The van der Waals surface area contributed by atoms with E-state index in [4.69, 9.17) is 14.2 Å². The molecule has 0 aromatic carbocycles. The predicted octanol–water partition coefficient (Wildman–Crippen LogP) is 2.51. The van der Waals surface area contributed by atoms with Gasteiger partial charge in [0.2, 0.25) is 0 Å². The molecule has 0 rings (SSSR count). The molecule has 0 spiro atoms. The topological polar surface area (TPSA) is 44.8 Å². The monoisotopic (exact) mass is 232 g/mol. The number of esters is 1. The van der Waals surface area contributed by atoms with Crippen LogP contribution in [0.25, 0.3) is 0 Å². The number of hydrogen-bond donors (Lipinski definition) is 0. The van der Waals surface area contributed by atoms with Crippen LogP contribution in [0.5, 0.6) is 0 Å². The van der Waals surface area contributed by atoms with Crippen molar-refractivity contribution in [3.05, 3.63) is 0 Å². The van der Waals surface area contributed by atoms with Crippen LogP contribution in [0.4, 0.5) is 0 Å². The maximum absolute atomic E-state index is 11.8. The van der Waals surface area contributed by atoms with E-state index < -0.39 is 11.8 Å². The molecule has 0 heterocycles. The van der Waals surface area contributed by atoms with Gasteiger partial charge in [-0.2, -0.15) is 0 Å². The van der Waals surface area contributed by atoms with Gasteiger partial charge in [0.05, 0.1) is 13.2 Å². The van der Waals surface area contributed by atoms with Gasteiger partial charge in [-0.15, -0.1) is 0 Å². The van der Waals surface area contributed by atoms with Crippen molar-refractivity contribution in [1.82, 2.24) is 0 Å². The number of ether oxygens (including phenoxy) is 3. The van der Waals surface area contributed by atoms with Crippen molar-refractivity contribution in [2.24, 2.45) is 0 Å². The van der Waals surface area contributed by atoms with Crippen LogP contribution in [0.2, 0.25) is 0 Å². The molecule has 0 aliphatic carbocycles. The molecule has 0 aliphatic rings. The molecule has 0 saturated carbocycles. The molecule has 0 bridgehead atoms. The van der Waals surface area contributed by atoms with Gasteiger partial charge in [-0.1, -0.05) is 20.3 Å². The second kappa shape index (κ2) is 8.53. The van der Waals surface area contributed by atoms with Crippen molar-refractivity contribution in [2.75, 3.05) is 19.8 Å². The third-order valence-electron chi connectivity index (χ3n) is 2.26. The van der Waals surface area contributed by atoms with Gasteiger partial charge in [0.1, 0.15) is 0 Å². The van der Waals surface area contributed by atoms with Crippen molar-refractivity contribution >= 4 is 5.97 Å². The SMILES string of the molecule is CCCCOC(CC)(OCC)C(=O)OCC. The van der Waals surface area contributed by atoms with Gasteiger partial charge in [-0.3, -0.25) is 0 Å². The summed E-state index contributed by atoms with van der Waals surface area (Å²) in [4.78, 5) is 11.8. The fourth-order valence-electron chi connectivity index (χ4n) is 1.36. The molecule has 4 nitrogen and oxygen atoms in total. The summed E-state index contributed by atoms with van der Waals surface area (Å²) in [5, 5.41) is 0. The molecule has 0 amide bonds. The Hall–Kier alpha value is -0.610. The van der Waals surface area contributed by atoms with Gasteiger partial charge in [0, 0.05) is 13.0 Å². The molecule has 0 aliphatic heterocycles. The van der Waals surface area contributed by atoms with Crippen molar-refractivity contribution in [1.29, 1.82) is 0 Å². The van der Waals surface area contributed by atoms with E-state index in [2.05, 4.69) is 6.92 Å².